The highest BCUT2D eigenvalue weighted by atomic mass is 14.8. The lowest BCUT2D eigenvalue weighted by Gasteiger charge is -2.23. The Morgan fingerprint density at radius 2 is 2.00 bits per heavy atom. The third-order valence-electron chi connectivity index (χ3n) is 3.70. The van der Waals surface area contributed by atoms with E-state index in [1.54, 1.807) is 0 Å². The lowest BCUT2D eigenvalue weighted by Crippen LogP contribution is -2.13. The molecule has 3 atom stereocenters. The Balaban J connectivity index is 2.12. The molecule has 0 fully saturated rings. The highest BCUT2D eigenvalue weighted by Gasteiger charge is 2.18. The molecule has 0 aromatic rings. The second-order valence-electron chi connectivity index (χ2n) is 5.16. The first kappa shape index (κ1) is 10.7. The third-order valence-corrected chi connectivity index (χ3v) is 3.70. The monoisotopic (exact) mass is 203 g/mol. The van der Waals surface area contributed by atoms with Crippen LogP contribution in [-0.2, 0) is 0 Å². The molecule has 15 heavy (non-hydrogen) atoms. The second-order valence-corrected chi connectivity index (χ2v) is 5.16. The molecule has 0 aromatic heterocycles. The molecule has 2 rings (SSSR count). The van der Waals surface area contributed by atoms with E-state index in [9.17, 15) is 0 Å². The van der Waals surface area contributed by atoms with Crippen molar-refractivity contribution in [1.29, 1.82) is 0 Å². The van der Waals surface area contributed by atoms with Gasteiger partial charge in [-0.3, -0.25) is 4.99 Å². The van der Waals surface area contributed by atoms with Crippen LogP contribution in [0.15, 0.2) is 28.4 Å². The summed E-state index contributed by atoms with van der Waals surface area (Å²) >= 11 is 0. The smallest absolute Gasteiger partial charge is 0.0617 e. The van der Waals surface area contributed by atoms with Crippen molar-refractivity contribution in [3.05, 3.63) is 23.4 Å². The molecule has 1 aliphatic heterocycles. The summed E-state index contributed by atoms with van der Waals surface area (Å²) in [6.45, 7) is 6.84. The van der Waals surface area contributed by atoms with Crippen LogP contribution < -0.4 is 0 Å². The summed E-state index contributed by atoms with van der Waals surface area (Å²) in [6.07, 6.45) is 10.6. The Bertz CT molecular complexity index is 322. The molecule has 0 bridgehead atoms. The van der Waals surface area contributed by atoms with Gasteiger partial charge in [0.15, 0.2) is 0 Å². The predicted octanol–water partition coefficient (Wildman–Crippen LogP) is 3.97. The highest BCUT2D eigenvalue weighted by Crippen LogP contribution is 2.31. The quantitative estimate of drug-likeness (QED) is 0.611. The number of aliphatic imine (C=N–C) groups is 1. The van der Waals surface area contributed by atoms with Crippen molar-refractivity contribution in [2.75, 3.05) is 0 Å². The average Bonchev–Trinajstić information content (AvgIpc) is 2.23. The molecule has 1 aliphatic carbocycles. The van der Waals surface area contributed by atoms with Gasteiger partial charge in [-0.15, -0.1) is 0 Å². The molecule has 2 aliphatic rings. The summed E-state index contributed by atoms with van der Waals surface area (Å²) < 4.78 is 0. The van der Waals surface area contributed by atoms with E-state index in [1.807, 2.05) is 0 Å². The van der Waals surface area contributed by atoms with Crippen molar-refractivity contribution in [3.63, 3.8) is 0 Å². The molecular formula is C14H21N. The predicted molar refractivity (Wildman–Crippen MR) is 66.0 cm³/mol. The van der Waals surface area contributed by atoms with Crippen LogP contribution in [-0.4, -0.2) is 6.21 Å². The molecule has 0 amide bonds. The highest BCUT2D eigenvalue weighted by molar-refractivity contribution is 5.65. The molecule has 1 nitrogen and oxygen atoms in total. The van der Waals surface area contributed by atoms with Crippen molar-refractivity contribution >= 4 is 6.21 Å². The van der Waals surface area contributed by atoms with Crippen molar-refractivity contribution in [2.45, 2.75) is 40.0 Å². The van der Waals surface area contributed by atoms with Crippen LogP contribution in [0.25, 0.3) is 0 Å². The average molecular weight is 203 g/mol. The minimum Gasteiger partial charge on any atom is -0.261 e. The van der Waals surface area contributed by atoms with Crippen LogP contribution in [0, 0.1) is 17.8 Å². The van der Waals surface area contributed by atoms with Crippen LogP contribution in [0.5, 0.6) is 0 Å². The summed E-state index contributed by atoms with van der Waals surface area (Å²) in [7, 11) is 0. The maximum atomic E-state index is 4.58. The van der Waals surface area contributed by atoms with Gasteiger partial charge in [-0.1, -0.05) is 32.9 Å². The molecule has 1 heteroatoms. The number of hydrogen-bond acceptors (Lipinski definition) is 1. The van der Waals surface area contributed by atoms with Gasteiger partial charge in [-0.05, 0) is 42.6 Å². The van der Waals surface area contributed by atoms with Crippen LogP contribution in [0.2, 0.25) is 0 Å². The van der Waals surface area contributed by atoms with E-state index in [2.05, 4.69) is 44.1 Å². The number of nitrogens with zero attached hydrogens (tertiary/aromatic N) is 1. The fourth-order valence-corrected chi connectivity index (χ4v) is 2.17. The van der Waals surface area contributed by atoms with Gasteiger partial charge in [0.2, 0.25) is 0 Å². The van der Waals surface area contributed by atoms with E-state index in [0.717, 1.165) is 5.92 Å². The zero-order chi connectivity index (χ0) is 10.8. The minimum absolute atomic E-state index is 0.594. The SMILES string of the molecule is CC1CC=C(C2=C[C@H](C)C(C)C=N2)CC1. The van der Waals surface area contributed by atoms with Gasteiger partial charge in [-0.2, -0.15) is 0 Å². The fraction of sp³-hybridized carbons (Fsp3) is 0.643. The molecule has 1 heterocycles. The van der Waals surface area contributed by atoms with Gasteiger partial charge in [0, 0.05) is 6.21 Å². The van der Waals surface area contributed by atoms with E-state index in [1.165, 1.54) is 30.5 Å². The Morgan fingerprint density at radius 1 is 1.20 bits per heavy atom. The molecule has 0 spiro atoms. The summed E-state index contributed by atoms with van der Waals surface area (Å²) in [6, 6.07) is 0. The molecule has 0 aromatic carbocycles. The van der Waals surface area contributed by atoms with Crippen LogP contribution in [0.3, 0.4) is 0 Å². The Labute approximate surface area is 93.0 Å². The zero-order valence-electron chi connectivity index (χ0n) is 10.0. The normalized spacial score (nSPS) is 36.1. The minimum atomic E-state index is 0.594. The summed E-state index contributed by atoms with van der Waals surface area (Å²) in [5, 5.41) is 0. The lowest BCUT2D eigenvalue weighted by molar-refractivity contribution is 0.513. The van der Waals surface area contributed by atoms with Gasteiger partial charge in [0.25, 0.3) is 0 Å². The number of hydrogen-bond donors (Lipinski definition) is 0. The maximum absolute atomic E-state index is 4.58. The Hall–Kier alpha value is -0.850. The largest absolute Gasteiger partial charge is 0.261 e. The van der Waals surface area contributed by atoms with E-state index in [4.69, 9.17) is 0 Å². The van der Waals surface area contributed by atoms with Crippen molar-refractivity contribution < 1.29 is 0 Å². The van der Waals surface area contributed by atoms with Crippen LogP contribution in [0.4, 0.5) is 0 Å². The zero-order valence-corrected chi connectivity index (χ0v) is 10.0. The molecule has 0 N–H and O–H groups in total. The Morgan fingerprint density at radius 3 is 2.60 bits per heavy atom. The summed E-state index contributed by atoms with van der Waals surface area (Å²) in [5.41, 5.74) is 2.72. The first-order chi connectivity index (χ1) is 7.16. The van der Waals surface area contributed by atoms with E-state index >= 15 is 0 Å². The van der Waals surface area contributed by atoms with Gasteiger partial charge < -0.3 is 0 Å². The van der Waals surface area contributed by atoms with Crippen molar-refractivity contribution in [1.82, 2.24) is 0 Å². The molecular weight excluding hydrogens is 182 g/mol. The fourth-order valence-electron chi connectivity index (χ4n) is 2.17. The molecule has 2 unspecified atom stereocenters. The lowest BCUT2D eigenvalue weighted by atomic mass is 9.86. The van der Waals surface area contributed by atoms with E-state index in [0.29, 0.717) is 11.8 Å². The third kappa shape index (κ3) is 2.39. The number of rotatable bonds is 1. The number of allylic oxidation sites excluding steroid dienone is 3. The van der Waals surface area contributed by atoms with Gasteiger partial charge >= 0.3 is 0 Å². The first-order valence-corrected chi connectivity index (χ1v) is 6.12. The molecule has 0 radical (unpaired) electrons. The standard InChI is InChI=1S/C14H21N/c1-10-4-6-13(7-5-10)14-8-11(2)12(3)9-15-14/h6,8-12H,4-5,7H2,1-3H3/t10?,11-,12?/m0/s1. The van der Waals surface area contributed by atoms with Gasteiger partial charge in [0.05, 0.1) is 5.70 Å². The maximum Gasteiger partial charge on any atom is 0.0617 e. The summed E-state index contributed by atoms with van der Waals surface area (Å²) in [5.74, 6) is 2.09. The topological polar surface area (TPSA) is 12.4 Å². The summed E-state index contributed by atoms with van der Waals surface area (Å²) in [4.78, 5) is 4.58. The second kappa shape index (κ2) is 4.34. The van der Waals surface area contributed by atoms with E-state index in [-0.39, 0.29) is 0 Å². The molecule has 0 saturated heterocycles. The van der Waals surface area contributed by atoms with E-state index < -0.39 is 0 Å². The van der Waals surface area contributed by atoms with Gasteiger partial charge in [0.1, 0.15) is 0 Å². The Kier molecular flexibility index (Phi) is 3.08. The van der Waals surface area contributed by atoms with Gasteiger partial charge in [-0.25, -0.2) is 0 Å². The first-order valence-electron chi connectivity index (χ1n) is 6.12. The van der Waals surface area contributed by atoms with Crippen molar-refractivity contribution in [2.24, 2.45) is 22.7 Å². The van der Waals surface area contributed by atoms with Crippen LogP contribution in [0.1, 0.15) is 40.0 Å². The van der Waals surface area contributed by atoms with Crippen LogP contribution >= 0.6 is 0 Å². The van der Waals surface area contributed by atoms with Crippen molar-refractivity contribution in [3.8, 4) is 0 Å². The molecule has 82 valence electrons. The molecule has 0 saturated carbocycles.